The molecule has 0 fully saturated rings. The van der Waals surface area contributed by atoms with E-state index in [4.69, 9.17) is 29.3 Å². The Hall–Kier alpha value is -1.48. The fraction of sp³-hybridized carbons (Fsp3) is 0.222. The summed E-state index contributed by atoms with van der Waals surface area (Å²) in [5.74, 6) is -0.860. The van der Waals surface area contributed by atoms with Gasteiger partial charge in [0.2, 0.25) is 0 Å². The molecule has 0 aliphatic carbocycles. The Morgan fingerprint density at radius 3 is 2.06 bits per heavy atom. The molecule has 0 heterocycles. The molecule has 0 aromatic heterocycles. The van der Waals surface area contributed by atoms with Crippen LogP contribution in [0.2, 0.25) is 0 Å². The van der Waals surface area contributed by atoms with Gasteiger partial charge in [-0.15, -0.1) is 0 Å². The van der Waals surface area contributed by atoms with Crippen LogP contribution in [0.15, 0.2) is 24.3 Å². The number of phenolic OH excluding ortho intramolecular Hbond substituents is 1. The van der Waals surface area contributed by atoms with Crippen LogP contribution in [0.25, 0.3) is 0 Å². The molecule has 0 amide bonds. The topological polar surface area (TPSA) is 141 Å². The third-order valence-corrected chi connectivity index (χ3v) is 1.71. The number of phenols is 1. The van der Waals surface area contributed by atoms with Crippen LogP contribution >= 0.6 is 0 Å². The van der Waals surface area contributed by atoms with E-state index in [0.717, 1.165) is 5.56 Å². The average Bonchev–Trinajstić information content (AvgIpc) is 2.20. The smallest absolute Gasteiger partial charge is 0.320 e. The highest BCUT2D eigenvalue weighted by atomic mass is 32.2. The fourth-order valence-corrected chi connectivity index (χ4v) is 0.973. The van der Waals surface area contributed by atoms with Gasteiger partial charge in [0, 0.05) is 0 Å². The summed E-state index contributed by atoms with van der Waals surface area (Å²) in [5, 5.41) is 17.5. The number of rotatable bonds is 3. The Kier molecular flexibility index (Phi) is 7.06. The summed E-state index contributed by atoms with van der Waals surface area (Å²) in [5.41, 5.74) is 6.12. The number of aliphatic carboxylic acids is 1. The summed E-state index contributed by atoms with van der Waals surface area (Å²) < 4.78 is 22.8. The van der Waals surface area contributed by atoms with Gasteiger partial charge in [-0.3, -0.25) is 13.9 Å². The maximum absolute atomic E-state index is 10.4. The zero-order valence-electron chi connectivity index (χ0n) is 8.68. The lowest BCUT2D eigenvalue weighted by Gasteiger charge is -2.05. The monoisotopic (exact) mass is 263 g/mol. The number of hydrogen-bond acceptors (Lipinski definition) is 4. The van der Waals surface area contributed by atoms with E-state index in [1.54, 1.807) is 12.1 Å². The third kappa shape index (κ3) is 8.34. The van der Waals surface area contributed by atoms with Gasteiger partial charge in [-0.1, -0.05) is 12.1 Å². The molecule has 0 aliphatic rings. The molecular weight excluding hydrogens is 250 g/mol. The predicted octanol–water partition coefficient (Wildman–Crippen LogP) is 0.0277. The van der Waals surface area contributed by atoms with Crippen LogP contribution in [0, 0.1) is 0 Å². The summed E-state index contributed by atoms with van der Waals surface area (Å²) in [6.45, 7) is 0. The van der Waals surface area contributed by atoms with Crippen molar-refractivity contribution in [2.75, 3.05) is 0 Å². The largest absolute Gasteiger partial charge is 0.508 e. The first-order valence-electron chi connectivity index (χ1n) is 4.39. The molecule has 1 aromatic rings. The molecule has 17 heavy (non-hydrogen) atoms. The Morgan fingerprint density at radius 1 is 1.29 bits per heavy atom. The predicted molar refractivity (Wildman–Crippen MR) is 60.8 cm³/mol. The number of carboxylic acids is 1. The van der Waals surface area contributed by atoms with Gasteiger partial charge in [-0.2, -0.15) is 4.21 Å². The second-order valence-electron chi connectivity index (χ2n) is 3.05. The Labute approximate surface area is 100 Å². The summed E-state index contributed by atoms with van der Waals surface area (Å²) in [4.78, 5) is 10.4. The first kappa shape index (κ1) is 15.5. The summed E-state index contributed by atoms with van der Waals surface area (Å²) >= 11 is -2.61. The van der Waals surface area contributed by atoms with Crippen molar-refractivity contribution in [1.82, 2.24) is 0 Å². The average molecular weight is 263 g/mol. The second-order valence-corrected chi connectivity index (χ2v) is 3.51. The molecular formula is C9H13NO6S. The van der Waals surface area contributed by atoms with Crippen LogP contribution in [0.1, 0.15) is 5.56 Å². The maximum atomic E-state index is 10.4. The molecule has 0 aliphatic heterocycles. The van der Waals surface area contributed by atoms with Crippen LogP contribution < -0.4 is 5.73 Å². The molecule has 1 rings (SSSR count). The van der Waals surface area contributed by atoms with Crippen molar-refractivity contribution >= 4 is 17.3 Å². The van der Waals surface area contributed by atoms with Crippen LogP contribution in [-0.2, 0) is 22.6 Å². The summed E-state index contributed by atoms with van der Waals surface area (Å²) in [6.07, 6.45) is 0.273. The van der Waals surface area contributed by atoms with E-state index in [1.165, 1.54) is 12.1 Å². The van der Waals surface area contributed by atoms with Crippen molar-refractivity contribution in [3.63, 3.8) is 0 Å². The minimum Gasteiger partial charge on any atom is -0.508 e. The minimum atomic E-state index is -2.61. The summed E-state index contributed by atoms with van der Waals surface area (Å²) in [7, 11) is 0. The quantitative estimate of drug-likeness (QED) is 0.484. The van der Waals surface area contributed by atoms with Gasteiger partial charge in [0.05, 0.1) is 0 Å². The summed E-state index contributed by atoms with van der Waals surface area (Å²) in [6, 6.07) is 5.42. The number of carboxylic acid groups (broad SMARTS) is 1. The molecule has 0 radical (unpaired) electrons. The number of benzene rings is 1. The van der Waals surface area contributed by atoms with E-state index in [9.17, 15) is 4.79 Å². The molecule has 7 nitrogen and oxygen atoms in total. The van der Waals surface area contributed by atoms with Crippen molar-refractivity contribution in [3.8, 4) is 5.75 Å². The van der Waals surface area contributed by atoms with Gasteiger partial charge in [0.1, 0.15) is 11.8 Å². The van der Waals surface area contributed by atoms with Crippen molar-refractivity contribution in [2.24, 2.45) is 5.73 Å². The zero-order valence-corrected chi connectivity index (χ0v) is 9.50. The van der Waals surface area contributed by atoms with Crippen molar-refractivity contribution in [2.45, 2.75) is 12.5 Å². The Morgan fingerprint density at radius 2 is 1.71 bits per heavy atom. The normalized spacial score (nSPS) is 11.5. The molecule has 96 valence electrons. The van der Waals surface area contributed by atoms with Crippen LogP contribution in [0.3, 0.4) is 0 Å². The Bertz CT molecular complexity index is 376. The van der Waals surface area contributed by atoms with E-state index in [0.29, 0.717) is 0 Å². The molecule has 0 saturated heterocycles. The molecule has 0 bridgehead atoms. The van der Waals surface area contributed by atoms with E-state index in [1.807, 2.05) is 0 Å². The van der Waals surface area contributed by atoms with Crippen molar-refractivity contribution < 1.29 is 28.3 Å². The van der Waals surface area contributed by atoms with E-state index < -0.39 is 23.4 Å². The number of nitrogens with two attached hydrogens (primary N) is 1. The third-order valence-electron chi connectivity index (χ3n) is 1.71. The lowest BCUT2D eigenvalue weighted by Crippen LogP contribution is -2.32. The Balaban J connectivity index is 0.000000557. The maximum Gasteiger partial charge on any atom is 0.320 e. The van der Waals surface area contributed by atoms with Gasteiger partial charge in [-0.05, 0) is 24.1 Å². The molecule has 1 atom stereocenters. The second kappa shape index (κ2) is 7.74. The molecule has 6 N–H and O–H groups in total. The van der Waals surface area contributed by atoms with E-state index >= 15 is 0 Å². The van der Waals surface area contributed by atoms with Crippen LogP contribution in [0.5, 0.6) is 5.75 Å². The van der Waals surface area contributed by atoms with Gasteiger partial charge in [0.25, 0.3) is 11.4 Å². The van der Waals surface area contributed by atoms with Gasteiger partial charge in [-0.25, -0.2) is 0 Å². The highest BCUT2D eigenvalue weighted by Crippen LogP contribution is 2.10. The number of carbonyl (C=O) groups is 1. The molecule has 1 unspecified atom stereocenters. The lowest BCUT2D eigenvalue weighted by atomic mass is 10.1. The van der Waals surface area contributed by atoms with Gasteiger partial charge >= 0.3 is 5.97 Å². The molecule has 1 aromatic carbocycles. The van der Waals surface area contributed by atoms with Gasteiger partial charge in [0.15, 0.2) is 0 Å². The highest BCUT2D eigenvalue weighted by Gasteiger charge is 2.11. The fourth-order valence-electron chi connectivity index (χ4n) is 0.973. The highest BCUT2D eigenvalue weighted by molar-refractivity contribution is 7.73. The number of aromatic hydroxyl groups is 1. The van der Waals surface area contributed by atoms with Gasteiger partial charge < -0.3 is 15.9 Å². The standard InChI is InChI=1S/C9H11NO3.H2O3S/c10-8(9(12)13)5-6-1-3-7(11)4-2-6;1-4(2)3/h1-4,8,11H,5,10H2,(H,12,13);(H2,1,2,3). The van der Waals surface area contributed by atoms with E-state index in [-0.39, 0.29) is 12.2 Å². The van der Waals surface area contributed by atoms with Crippen molar-refractivity contribution in [1.29, 1.82) is 0 Å². The SMILES string of the molecule is NC(Cc1ccc(O)cc1)C(=O)O.O=S(O)O. The van der Waals surface area contributed by atoms with Crippen LogP contribution in [0.4, 0.5) is 0 Å². The first-order valence-corrected chi connectivity index (χ1v) is 5.45. The molecule has 8 heteroatoms. The minimum absolute atomic E-state index is 0.160. The van der Waals surface area contributed by atoms with E-state index in [2.05, 4.69) is 0 Å². The molecule has 0 spiro atoms. The number of hydrogen-bond donors (Lipinski definition) is 5. The zero-order chi connectivity index (χ0) is 13.4. The molecule has 0 saturated carbocycles. The lowest BCUT2D eigenvalue weighted by molar-refractivity contribution is -0.138. The first-order chi connectivity index (χ1) is 7.82. The van der Waals surface area contributed by atoms with Crippen molar-refractivity contribution in [3.05, 3.63) is 29.8 Å². The van der Waals surface area contributed by atoms with Crippen LogP contribution in [-0.4, -0.2) is 35.5 Å².